The highest BCUT2D eigenvalue weighted by Crippen LogP contribution is 2.23. The van der Waals surface area contributed by atoms with Gasteiger partial charge in [-0.25, -0.2) is 4.57 Å². The molecule has 1 nitrogen and oxygen atoms in total. The minimum atomic E-state index is 0.284. The molecule has 0 unspecified atom stereocenters. The van der Waals surface area contributed by atoms with Crippen molar-refractivity contribution in [1.82, 2.24) is 0 Å². The Kier molecular flexibility index (Phi) is 3.50. The third-order valence-electron chi connectivity index (χ3n) is 3.60. The second kappa shape index (κ2) is 5.33. The molecule has 0 amide bonds. The molecular weight excluding hydrogens is 254 g/mol. The lowest BCUT2D eigenvalue weighted by Gasteiger charge is -2.13. The summed E-state index contributed by atoms with van der Waals surface area (Å²) in [5, 5.41) is 2.58. The van der Waals surface area contributed by atoms with Crippen molar-refractivity contribution in [2.75, 3.05) is 0 Å². The van der Waals surface area contributed by atoms with E-state index in [1.54, 1.807) is 0 Å². The van der Waals surface area contributed by atoms with Crippen molar-refractivity contribution in [2.45, 2.75) is 27.3 Å². The predicted molar refractivity (Wildman–Crippen MR) is 89.0 cm³/mol. The van der Waals surface area contributed by atoms with Gasteiger partial charge in [-0.1, -0.05) is 57.2 Å². The molecule has 21 heavy (non-hydrogen) atoms. The number of aromatic nitrogens is 1. The molecule has 106 valence electrons. The van der Waals surface area contributed by atoms with E-state index in [0.717, 1.165) is 6.54 Å². The fourth-order valence-electron chi connectivity index (χ4n) is 2.71. The van der Waals surface area contributed by atoms with Crippen LogP contribution in [0.3, 0.4) is 0 Å². The monoisotopic (exact) mass is 276 g/mol. The Bertz CT molecular complexity index is 766. The van der Waals surface area contributed by atoms with Crippen LogP contribution < -0.4 is 4.57 Å². The molecule has 0 aliphatic rings. The Labute approximate surface area is 126 Å². The van der Waals surface area contributed by atoms with Crippen LogP contribution in [0.5, 0.6) is 0 Å². The summed E-state index contributed by atoms with van der Waals surface area (Å²) in [5.74, 6) is 0. The van der Waals surface area contributed by atoms with Crippen LogP contribution in [-0.4, -0.2) is 0 Å². The summed E-state index contributed by atoms with van der Waals surface area (Å²) in [7, 11) is 0. The van der Waals surface area contributed by atoms with Gasteiger partial charge in [0.05, 0.1) is 0 Å². The van der Waals surface area contributed by atoms with Crippen molar-refractivity contribution < 1.29 is 4.57 Å². The Morgan fingerprint density at radius 1 is 0.810 bits per heavy atom. The summed E-state index contributed by atoms with van der Waals surface area (Å²) in [6.07, 6.45) is 4.39. The summed E-state index contributed by atoms with van der Waals surface area (Å²) in [6, 6.07) is 19.5. The van der Waals surface area contributed by atoms with Gasteiger partial charge in [-0.05, 0) is 28.5 Å². The molecule has 1 aromatic heterocycles. The van der Waals surface area contributed by atoms with Gasteiger partial charge in [0.15, 0.2) is 18.9 Å². The fraction of sp³-hybridized carbons (Fsp3) is 0.250. The van der Waals surface area contributed by atoms with E-state index in [4.69, 9.17) is 0 Å². The van der Waals surface area contributed by atoms with Gasteiger partial charge in [0.2, 0.25) is 0 Å². The maximum Gasteiger partial charge on any atom is 0.176 e. The first-order valence-electron chi connectivity index (χ1n) is 7.50. The zero-order chi connectivity index (χ0) is 14.9. The van der Waals surface area contributed by atoms with Gasteiger partial charge in [-0.2, -0.15) is 0 Å². The van der Waals surface area contributed by atoms with Gasteiger partial charge in [-0.3, -0.25) is 0 Å². The van der Waals surface area contributed by atoms with Gasteiger partial charge >= 0.3 is 0 Å². The Balaban J connectivity index is 2.00. The van der Waals surface area contributed by atoms with Gasteiger partial charge in [0, 0.05) is 17.0 Å². The third kappa shape index (κ3) is 3.30. The van der Waals surface area contributed by atoms with E-state index in [2.05, 4.69) is 92.3 Å². The van der Waals surface area contributed by atoms with E-state index in [9.17, 15) is 0 Å². The van der Waals surface area contributed by atoms with Crippen LogP contribution in [0.2, 0.25) is 0 Å². The number of hydrogen-bond donors (Lipinski definition) is 0. The molecule has 3 rings (SSSR count). The third-order valence-corrected chi connectivity index (χ3v) is 3.60. The van der Waals surface area contributed by atoms with Crippen molar-refractivity contribution in [3.05, 3.63) is 67.0 Å². The van der Waals surface area contributed by atoms with Crippen LogP contribution in [0.4, 0.5) is 0 Å². The average Bonchev–Trinajstić information content (AvgIpc) is 2.45. The van der Waals surface area contributed by atoms with E-state index in [1.807, 2.05) is 0 Å². The molecule has 0 bridgehead atoms. The quantitative estimate of drug-likeness (QED) is 0.590. The topological polar surface area (TPSA) is 3.88 Å². The molecule has 0 spiro atoms. The zero-order valence-corrected chi connectivity index (χ0v) is 13.0. The highest BCUT2D eigenvalue weighted by Gasteiger charge is 2.17. The van der Waals surface area contributed by atoms with E-state index >= 15 is 0 Å². The second-order valence-electron chi connectivity index (χ2n) is 6.89. The zero-order valence-electron chi connectivity index (χ0n) is 13.0. The lowest BCUT2D eigenvalue weighted by Crippen LogP contribution is -2.39. The maximum atomic E-state index is 2.28. The lowest BCUT2D eigenvalue weighted by atomic mass is 9.96. The highest BCUT2D eigenvalue weighted by molar-refractivity contribution is 5.87. The molecule has 1 heteroatoms. The van der Waals surface area contributed by atoms with Gasteiger partial charge < -0.3 is 0 Å². The van der Waals surface area contributed by atoms with Crippen LogP contribution in [0, 0.1) is 5.41 Å². The van der Waals surface area contributed by atoms with Gasteiger partial charge in [-0.15, -0.1) is 0 Å². The minimum absolute atomic E-state index is 0.284. The van der Waals surface area contributed by atoms with Crippen LogP contribution in [0.15, 0.2) is 67.0 Å². The number of benzene rings is 2. The van der Waals surface area contributed by atoms with Crippen molar-refractivity contribution in [3.63, 3.8) is 0 Å². The van der Waals surface area contributed by atoms with Crippen LogP contribution in [0.25, 0.3) is 21.9 Å². The van der Waals surface area contributed by atoms with Crippen molar-refractivity contribution >= 4 is 10.8 Å². The molecule has 0 saturated carbocycles. The molecule has 2 aromatic carbocycles. The Morgan fingerprint density at radius 3 is 2.33 bits per heavy atom. The number of rotatable bonds is 2. The molecule has 1 heterocycles. The predicted octanol–water partition coefficient (Wildman–Crippen LogP) is 4.84. The van der Waals surface area contributed by atoms with Crippen LogP contribution in [-0.2, 0) is 6.54 Å². The number of nitrogens with zero attached hydrogens (tertiary/aromatic N) is 1. The first-order valence-corrected chi connectivity index (χ1v) is 7.50. The van der Waals surface area contributed by atoms with Crippen molar-refractivity contribution in [2.24, 2.45) is 5.41 Å². The highest BCUT2D eigenvalue weighted by atomic mass is 14.9. The first-order chi connectivity index (χ1) is 10.0. The first kappa shape index (κ1) is 13.8. The van der Waals surface area contributed by atoms with Gasteiger partial charge in [0.25, 0.3) is 0 Å². The van der Waals surface area contributed by atoms with E-state index in [0.29, 0.717) is 0 Å². The lowest BCUT2D eigenvalue weighted by molar-refractivity contribution is -0.707. The van der Waals surface area contributed by atoms with Gasteiger partial charge in [0.1, 0.15) is 0 Å². The maximum absolute atomic E-state index is 2.28. The standard InChI is InChI=1S/C20H22N/c1-20(2,3)15-21-12-6-9-19(14-21)18-11-10-16-7-4-5-8-17(16)13-18/h4-14H,15H2,1-3H3/q+1. The summed E-state index contributed by atoms with van der Waals surface area (Å²) < 4.78 is 2.28. The molecular formula is C20H22N+. The summed E-state index contributed by atoms with van der Waals surface area (Å²) in [6.45, 7) is 7.82. The second-order valence-corrected chi connectivity index (χ2v) is 6.89. The Hall–Kier alpha value is -2.15. The van der Waals surface area contributed by atoms with Crippen LogP contribution in [0.1, 0.15) is 20.8 Å². The van der Waals surface area contributed by atoms with Crippen molar-refractivity contribution in [3.8, 4) is 11.1 Å². The molecule has 0 fully saturated rings. The average molecular weight is 276 g/mol. The smallest absolute Gasteiger partial charge is 0.176 e. The molecule has 0 saturated heterocycles. The summed E-state index contributed by atoms with van der Waals surface area (Å²) in [4.78, 5) is 0. The minimum Gasteiger partial charge on any atom is -0.204 e. The molecule has 0 aliphatic heterocycles. The summed E-state index contributed by atoms with van der Waals surface area (Å²) in [5.41, 5.74) is 2.83. The molecule has 0 atom stereocenters. The molecule has 0 N–H and O–H groups in total. The number of hydrogen-bond acceptors (Lipinski definition) is 0. The molecule has 0 radical (unpaired) electrons. The number of fused-ring (bicyclic) bond motifs is 1. The van der Waals surface area contributed by atoms with Crippen LogP contribution >= 0.6 is 0 Å². The molecule has 3 aromatic rings. The Morgan fingerprint density at radius 2 is 1.57 bits per heavy atom. The fourth-order valence-corrected chi connectivity index (χ4v) is 2.71. The largest absolute Gasteiger partial charge is 0.204 e. The normalized spacial score (nSPS) is 11.8. The van der Waals surface area contributed by atoms with Crippen molar-refractivity contribution in [1.29, 1.82) is 0 Å². The number of pyridine rings is 1. The molecule has 0 aliphatic carbocycles. The van der Waals surface area contributed by atoms with E-state index in [-0.39, 0.29) is 5.41 Å². The summed E-state index contributed by atoms with van der Waals surface area (Å²) >= 11 is 0. The van der Waals surface area contributed by atoms with E-state index < -0.39 is 0 Å². The SMILES string of the molecule is CC(C)(C)C[n+]1cccc(-c2ccc3ccccc3c2)c1. The van der Waals surface area contributed by atoms with E-state index in [1.165, 1.54) is 21.9 Å².